The molecule has 0 aliphatic carbocycles. The van der Waals surface area contributed by atoms with E-state index in [1.54, 1.807) is 0 Å². The number of benzene rings is 1. The number of nitrogens with one attached hydrogen (secondary N) is 1. The molecule has 2 atom stereocenters. The van der Waals surface area contributed by atoms with Crippen molar-refractivity contribution in [2.24, 2.45) is 0 Å². The minimum atomic E-state index is -0.233. The molecule has 0 unspecified atom stereocenters. The molecule has 0 saturated carbocycles. The van der Waals surface area contributed by atoms with Crippen LogP contribution in [-0.2, 0) is 6.54 Å². The number of hydrogen-bond acceptors (Lipinski definition) is 2. The first-order valence-corrected chi connectivity index (χ1v) is 6.23. The van der Waals surface area contributed by atoms with Crippen LogP contribution in [0.15, 0.2) is 30.3 Å². The van der Waals surface area contributed by atoms with Crippen LogP contribution in [0, 0.1) is 0 Å². The molecule has 1 aromatic rings. The highest BCUT2D eigenvalue weighted by Gasteiger charge is 2.15. The highest BCUT2D eigenvalue weighted by Crippen LogP contribution is 2.07. The van der Waals surface area contributed by atoms with Crippen molar-refractivity contribution in [2.45, 2.75) is 51.8 Å². The second-order valence-electron chi connectivity index (χ2n) is 4.24. The van der Waals surface area contributed by atoms with Gasteiger partial charge in [-0.05, 0) is 18.4 Å². The highest BCUT2D eigenvalue weighted by molar-refractivity contribution is 5.14. The maximum Gasteiger partial charge on any atom is 0.0690 e. The predicted octanol–water partition coefficient (Wildman–Crippen LogP) is 2.72. The van der Waals surface area contributed by atoms with E-state index in [4.69, 9.17) is 0 Å². The molecule has 0 aromatic heterocycles. The van der Waals surface area contributed by atoms with Crippen LogP contribution in [0.5, 0.6) is 0 Å². The lowest BCUT2D eigenvalue weighted by atomic mass is 10.0. The molecule has 0 heterocycles. The van der Waals surface area contributed by atoms with E-state index in [1.165, 1.54) is 5.56 Å². The van der Waals surface area contributed by atoms with Crippen molar-refractivity contribution in [1.82, 2.24) is 5.32 Å². The first-order valence-electron chi connectivity index (χ1n) is 6.23. The average molecular weight is 221 g/mol. The molecule has 0 saturated heterocycles. The van der Waals surface area contributed by atoms with Gasteiger partial charge in [-0.3, -0.25) is 0 Å². The van der Waals surface area contributed by atoms with E-state index in [2.05, 4.69) is 24.4 Å². The minimum Gasteiger partial charge on any atom is -0.392 e. The number of aliphatic hydroxyl groups excluding tert-OH is 1. The van der Waals surface area contributed by atoms with Crippen LogP contribution in [0.3, 0.4) is 0 Å². The monoisotopic (exact) mass is 221 g/mol. The Morgan fingerprint density at radius 2 is 1.88 bits per heavy atom. The molecule has 0 aliphatic heterocycles. The van der Waals surface area contributed by atoms with E-state index in [9.17, 15) is 5.11 Å². The summed E-state index contributed by atoms with van der Waals surface area (Å²) in [6.45, 7) is 5.01. The van der Waals surface area contributed by atoms with Crippen LogP contribution in [-0.4, -0.2) is 17.3 Å². The van der Waals surface area contributed by atoms with Crippen LogP contribution >= 0.6 is 0 Å². The normalized spacial score (nSPS) is 14.7. The Kier molecular flexibility index (Phi) is 6.12. The summed E-state index contributed by atoms with van der Waals surface area (Å²) in [5.41, 5.74) is 1.27. The van der Waals surface area contributed by atoms with Gasteiger partial charge in [-0.2, -0.15) is 0 Å². The van der Waals surface area contributed by atoms with Crippen molar-refractivity contribution in [2.75, 3.05) is 0 Å². The smallest absolute Gasteiger partial charge is 0.0690 e. The molecular formula is C14H23NO. The van der Waals surface area contributed by atoms with Gasteiger partial charge in [0.15, 0.2) is 0 Å². The Morgan fingerprint density at radius 3 is 2.44 bits per heavy atom. The van der Waals surface area contributed by atoms with Gasteiger partial charge in [-0.25, -0.2) is 0 Å². The van der Waals surface area contributed by atoms with E-state index in [0.29, 0.717) is 0 Å². The van der Waals surface area contributed by atoms with E-state index < -0.39 is 0 Å². The molecular weight excluding hydrogens is 198 g/mol. The highest BCUT2D eigenvalue weighted by atomic mass is 16.3. The summed E-state index contributed by atoms with van der Waals surface area (Å²) < 4.78 is 0. The fourth-order valence-corrected chi connectivity index (χ4v) is 1.87. The van der Waals surface area contributed by atoms with Gasteiger partial charge in [0, 0.05) is 12.6 Å². The Morgan fingerprint density at radius 1 is 1.19 bits per heavy atom. The maximum absolute atomic E-state index is 9.86. The molecule has 16 heavy (non-hydrogen) atoms. The molecule has 1 aromatic carbocycles. The van der Waals surface area contributed by atoms with Crippen molar-refractivity contribution in [3.63, 3.8) is 0 Å². The average Bonchev–Trinajstić information content (AvgIpc) is 2.34. The molecule has 0 spiro atoms. The van der Waals surface area contributed by atoms with Crippen molar-refractivity contribution in [1.29, 1.82) is 0 Å². The van der Waals surface area contributed by atoms with E-state index in [-0.39, 0.29) is 12.1 Å². The minimum absolute atomic E-state index is 0.218. The third-order valence-electron chi connectivity index (χ3n) is 2.89. The van der Waals surface area contributed by atoms with Gasteiger partial charge in [0.1, 0.15) is 0 Å². The molecule has 0 radical (unpaired) electrons. The molecule has 2 heteroatoms. The summed E-state index contributed by atoms with van der Waals surface area (Å²) in [6, 6.07) is 10.5. The predicted molar refractivity (Wildman–Crippen MR) is 68.3 cm³/mol. The first kappa shape index (κ1) is 13.2. The summed E-state index contributed by atoms with van der Waals surface area (Å²) in [6.07, 6.45) is 2.71. The molecule has 2 N–H and O–H groups in total. The number of rotatable bonds is 7. The Hall–Kier alpha value is -0.860. The SMILES string of the molecule is CCC[C@@H](NCc1ccccc1)[C@H](O)CC. The van der Waals surface area contributed by atoms with E-state index in [1.807, 2.05) is 25.1 Å². The van der Waals surface area contributed by atoms with E-state index in [0.717, 1.165) is 25.8 Å². The summed E-state index contributed by atoms with van der Waals surface area (Å²) in [7, 11) is 0. The summed E-state index contributed by atoms with van der Waals surface area (Å²) >= 11 is 0. The van der Waals surface area contributed by atoms with Gasteiger partial charge in [0.25, 0.3) is 0 Å². The Bertz CT molecular complexity index is 273. The lowest BCUT2D eigenvalue weighted by Crippen LogP contribution is -2.39. The zero-order valence-electron chi connectivity index (χ0n) is 10.3. The molecule has 0 aliphatic rings. The van der Waals surface area contributed by atoms with Crippen molar-refractivity contribution in [3.8, 4) is 0 Å². The maximum atomic E-state index is 9.86. The van der Waals surface area contributed by atoms with Crippen LogP contribution in [0.4, 0.5) is 0 Å². The van der Waals surface area contributed by atoms with Crippen molar-refractivity contribution in [3.05, 3.63) is 35.9 Å². The molecule has 2 nitrogen and oxygen atoms in total. The number of hydrogen-bond donors (Lipinski definition) is 2. The van der Waals surface area contributed by atoms with Crippen LogP contribution in [0.1, 0.15) is 38.7 Å². The van der Waals surface area contributed by atoms with Gasteiger partial charge in [-0.15, -0.1) is 0 Å². The quantitative estimate of drug-likeness (QED) is 0.742. The van der Waals surface area contributed by atoms with E-state index >= 15 is 0 Å². The van der Waals surface area contributed by atoms with Gasteiger partial charge in [0.05, 0.1) is 6.10 Å². The zero-order chi connectivity index (χ0) is 11.8. The van der Waals surface area contributed by atoms with Crippen LogP contribution < -0.4 is 5.32 Å². The summed E-state index contributed by atoms with van der Waals surface area (Å²) in [5, 5.41) is 13.3. The third kappa shape index (κ3) is 4.33. The third-order valence-corrected chi connectivity index (χ3v) is 2.89. The lowest BCUT2D eigenvalue weighted by molar-refractivity contribution is 0.117. The van der Waals surface area contributed by atoms with Crippen molar-refractivity contribution < 1.29 is 5.11 Å². The first-order chi connectivity index (χ1) is 7.77. The summed E-state index contributed by atoms with van der Waals surface area (Å²) in [4.78, 5) is 0. The standard InChI is InChI=1S/C14H23NO/c1-3-8-13(14(16)4-2)15-11-12-9-6-5-7-10-12/h5-7,9-10,13-16H,3-4,8,11H2,1-2H3/t13-,14-/m1/s1. The largest absolute Gasteiger partial charge is 0.392 e. The molecule has 0 fully saturated rings. The zero-order valence-corrected chi connectivity index (χ0v) is 10.3. The summed E-state index contributed by atoms with van der Waals surface area (Å²) in [5.74, 6) is 0. The molecule has 0 amide bonds. The second kappa shape index (κ2) is 7.42. The van der Waals surface area contributed by atoms with Gasteiger partial charge in [0.2, 0.25) is 0 Å². The fourth-order valence-electron chi connectivity index (χ4n) is 1.87. The van der Waals surface area contributed by atoms with Crippen LogP contribution in [0.2, 0.25) is 0 Å². The number of aliphatic hydroxyl groups is 1. The molecule has 1 rings (SSSR count). The molecule has 0 bridgehead atoms. The Balaban J connectivity index is 2.43. The Labute approximate surface area is 98.7 Å². The van der Waals surface area contributed by atoms with Gasteiger partial charge >= 0.3 is 0 Å². The molecule has 90 valence electrons. The van der Waals surface area contributed by atoms with Crippen molar-refractivity contribution >= 4 is 0 Å². The topological polar surface area (TPSA) is 32.3 Å². The van der Waals surface area contributed by atoms with Crippen LogP contribution in [0.25, 0.3) is 0 Å². The van der Waals surface area contributed by atoms with Gasteiger partial charge in [-0.1, -0.05) is 50.6 Å². The fraction of sp³-hybridized carbons (Fsp3) is 0.571. The van der Waals surface area contributed by atoms with Gasteiger partial charge < -0.3 is 10.4 Å². The second-order valence-corrected chi connectivity index (χ2v) is 4.24. The lowest BCUT2D eigenvalue weighted by Gasteiger charge is -2.23.